The zero-order chi connectivity index (χ0) is 11.3. The van der Waals surface area contributed by atoms with E-state index >= 15 is 0 Å². The van der Waals surface area contributed by atoms with Gasteiger partial charge in [0.15, 0.2) is 0 Å². The van der Waals surface area contributed by atoms with E-state index in [0.29, 0.717) is 5.92 Å². The van der Waals surface area contributed by atoms with Crippen LogP contribution in [-0.4, -0.2) is 25.5 Å². The molecule has 0 unspecified atom stereocenters. The fourth-order valence-corrected chi connectivity index (χ4v) is 2.13. The predicted octanol–water partition coefficient (Wildman–Crippen LogP) is 1.31. The fraction of sp³-hybridized carbons (Fsp3) is 0.750. The largest absolute Gasteiger partial charge is 0.352 e. The molecule has 3 nitrogen and oxygen atoms in total. The molecule has 3 heteroatoms. The van der Waals surface area contributed by atoms with Gasteiger partial charge in [-0.15, -0.1) is 0 Å². The molecule has 0 radical (unpaired) electrons. The van der Waals surface area contributed by atoms with Crippen molar-refractivity contribution in [2.75, 3.05) is 19.6 Å². The summed E-state index contributed by atoms with van der Waals surface area (Å²) in [5, 5.41) is 6.25. The van der Waals surface area contributed by atoms with Crippen LogP contribution in [0, 0.1) is 11.3 Å². The number of hydrogen-bond donors (Lipinski definition) is 2. The van der Waals surface area contributed by atoms with Gasteiger partial charge in [0.25, 0.3) is 0 Å². The molecule has 2 N–H and O–H groups in total. The Kier molecular flexibility index (Phi) is 4.33. The zero-order valence-corrected chi connectivity index (χ0v) is 9.81. The Morgan fingerprint density at radius 1 is 1.53 bits per heavy atom. The molecule has 1 rings (SSSR count). The quantitative estimate of drug-likeness (QED) is 0.687. The second-order valence-corrected chi connectivity index (χ2v) is 4.93. The lowest BCUT2D eigenvalue weighted by Crippen LogP contribution is -2.42. The average Bonchev–Trinajstić information content (AvgIpc) is 2.27. The summed E-state index contributed by atoms with van der Waals surface area (Å²) >= 11 is 0. The van der Waals surface area contributed by atoms with Crippen LogP contribution >= 0.6 is 0 Å². The van der Waals surface area contributed by atoms with Crippen molar-refractivity contribution in [3.05, 3.63) is 12.7 Å². The Hall–Kier alpha value is -0.830. The lowest BCUT2D eigenvalue weighted by molar-refractivity contribution is -0.117. The highest BCUT2D eigenvalue weighted by Gasteiger charge is 2.30. The Labute approximate surface area is 92.3 Å². The molecule has 0 atom stereocenters. The van der Waals surface area contributed by atoms with Crippen molar-refractivity contribution in [3.8, 4) is 0 Å². The first-order valence-corrected chi connectivity index (χ1v) is 5.67. The lowest BCUT2D eigenvalue weighted by atomic mass is 9.74. The van der Waals surface area contributed by atoms with Crippen LogP contribution in [-0.2, 0) is 4.79 Å². The van der Waals surface area contributed by atoms with Crippen molar-refractivity contribution in [2.45, 2.75) is 26.7 Å². The molecule has 0 aromatic rings. The maximum atomic E-state index is 11.1. The normalized spacial score (nSPS) is 18.5. The summed E-state index contributed by atoms with van der Waals surface area (Å²) < 4.78 is 0. The van der Waals surface area contributed by atoms with Gasteiger partial charge in [-0.1, -0.05) is 20.4 Å². The smallest absolute Gasteiger partial charge is 0.243 e. The fourth-order valence-electron chi connectivity index (χ4n) is 2.13. The van der Waals surface area contributed by atoms with Crippen molar-refractivity contribution >= 4 is 5.91 Å². The van der Waals surface area contributed by atoms with Crippen LogP contribution in [0.2, 0.25) is 0 Å². The molecule has 86 valence electrons. The molecular weight excluding hydrogens is 188 g/mol. The molecule has 1 aliphatic heterocycles. The third kappa shape index (κ3) is 3.67. The van der Waals surface area contributed by atoms with Gasteiger partial charge in [-0.25, -0.2) is 0 Å². The Balaban J connectivity index is 2.41. The van der Waals surface area contributed by atoms with Crippen LogP contribution < -0.4 is 10.6 Å². The van der Waals surface area contributed by atoms with E-state index in [2.05, 4.69) is 31.1 Å². The monoisotopic (exact) mass is 210 g/mol. The number of hydrogen-bond acceptors (Lipinski definition) is 2. The van der Waals surface area contributed by atoms with E-state index in [4.69, 9.17) is 0 Å². The summed E-state index contributed by atoms with van der Waals surface area (Å²) in [4.78, 5) is 11.1. The molecule has 0 aliphatic carbocycles. The van der Waals surface area contributed by atoms with E-state index in [0.717, 1.165) is 19.6 Å². The van der Waals surface area contributed by atoms with E-state index in [-0.39, 0.29) is 11.3 Å². The van der Waals surface area contributed by atoms with Gasteiger partial charge in [0.05, 0.1) is 0 Å². The summed E-state index contributed by atoms with van der Waals surface area (Å²) in [5.74, 6) is 0.626. The molecule has 1 saturated heterocycles. The van der Waals surface area contributed by atoms with Crippen molar-refractivity contribution in [1.82, 2.24) is 10.6 Å². The maximum Gasteiger partial charge on any atom is 0.243 e. The third-order valence-electron chi connectivity index (χ3n) is 3.35. The third-order valence-corrected chi connectivity index (χ3v) is 3.35. The molecular formula is C12H22N2O. The predicted molar refractivity (Wildman–Crippen MR) is 62.6 cm³/mol. The van der Waals surface area contributed by atoms with Crippen LogP contribution in [0.1, 0.15) is 26.7 Å². The van der Waals surface area contributed by atoms with Gasteiger partial charge in [0.1, 0.15) is 0 Å². The van der Waals surface area contributed by atoms with Crippen molar-refractivity contribution < 1.29 is 4.79 Å². The minimum Gasteiger partial charge on any atom is -0.352 e. The summed E-state index contributed by atoms with van der Waals surface area (Å²) in [5.41, 5.74) is 0.181. The second-order valence-electron chi connectivity index (χ2n) is 4.93. The van der Waals surface area contributed by atoms with Gasteiger partial charge in [-0.3, -0.25) is 4.79 Å². The van der Waals surface area contributed by atoms with Crippen molar-refractivity contribution in [3.63, 3.8) is 0 Å². The Morgan fingerprint density at radius 2 is 2.13 bits per heavy atom. The van der Waals surface area contributed by atoms with Crippen LogP contribution in [0.3, 0.4) is 0 Å². The Morgan fingerprint density at radius 3 is 2.67 bits per heavy atom. The summed E-state index contributed by atoms with van der Waals surface area (Å²) in [6.07, 6.45) is 3.74. The molecule has 1 aliphatic rings. The molecule has 1 heterocycles. The standard InChI is InChI=1S/C12H22N2O/c1-4-11(15)14-9-12(2,3)10-5-7-13-8-6-10/h4,10,13H,1,5-9H2,2-3H3,(H,14,15). The number of carbonyl (C=O) groups is 1. The Bertz CT molecular complexity index is 230. The van der Waals surface area contributed by atoms with E-state index in [1.54, 1.807) is 0 Å². The average molecular weight is 210 g/mol. The van der Waals surface area contributed by atoms with E-state index in [1.165, 1.54) is 18.9 Å². The lowest BCUT2D eigenvalue weighted by Gasteiger charge is -2.37. The topological polar surface area (TPSA) is 41.1 Å². The highest BCUT2D eigenvalue weighted by Crippen LogP contribution is 2.32. The van der Waals surface area contributed by atoms with Crippen molar-refractivity contribution in [1.29, 1.82) is 0 Å². The van der Waals surface area contributed by atoms with Gasteiger partial charge in [-0.2, -0.15) is 0 Å². The van der Waals surface area contributed by atoms with Crippen LogP contribution in [0.25, 0.3) is 0 Å². The molecule has 1 amide bonds. The number of rotatable bonds is 4. The van der Waals surface area contributed by atoms with Crippen LogP contribution in [0.4, 0.5) is 0 Å². The molecule has 15 heavy (non-hydrogen) atoms. The summed E-state index contributed by atoms with van der Waals surface area (Å²) in [6.45, 7) is 10.8. The minimum atomic E-state index is -0.0722. The number of piperidine rings is 1. The zero-order valence-electron chi connectivity index (χ0n) is 9.81. The summed E-state index contributed by atoms with van der Waals surface area (Å²) in [7, 11) is 0. The molecule has 1 fully saturated rings. The molecule has 0 spiro atoms. The first-order valence-electron chi connectivity index (χ1n) is 5.67. The molecule has 0 bridgehead atoms. The van der Waals surface area contributed by atoms with Crippen molar-refractivity contribution in [2.24, 2.45) is 11.3 Å². The number of amides is 1. The van der Waals surface area contributed by atoms with Crippen LogP contribution in [0.5, 0.6) is 0 Å². The van der Waals surface area contributed by atoms with E-state index in [9.17, 15) is 4.79 Å². The molecule has 0 aromatic heterocycles. The van der Waals surface area contributed by atoms with Crippen LogP contribution in [0.15, 0.2) is 12.7 Å². The highest BCUT2D eigenvalue weighted by atomic mass is 16.1. The maximum absolute atomic E-state index is 11.1. The van der Waals surface area contributed by atoms with Gasteiger partial charge in [0, 0.05) is 6.54 Å². The van der Waals surface area contributed by atoms with Gasteiger partial charge < -0.3 is 10.6 Å². The number of nitrogens with one attached hydrogen (secondary N) is 2. The SMILES string of the molecule is C=CC(=O)NCC(C)(C)C1CCNCC1. The molecule has 0 aromatic carbocycles. The van der Waals surface area contributed by atoms with E-state index < -0.39 is 0 Å². The second kappa shape index (κ2) is 5.31. The van der Waals surface area contributed by atoms with E-state index in [1.807, 2.05) is 0 Å². The summed E-state index contributed by atoms with van der Waals surface area (Å²) in [6, 6.07) is 0. The minimum absolute atomic E-state index is 0.0722. The first-order chi connectivity index (χ1) is 7.06. The van der Waals surface area contributed by atoms with Gasteiger partial charge >= 0.3 is 0 Å². The highest BCUT2D eigenvalue weighted by molar-refractivity contribution is 5.86. The van der Waals surface area contributed by atoms with Gasteiger partial charge in [0.2, 0.25) is 5.91 Å². The first kappa shape index (κ1) is 12.2. The van der Waals surface area contributed by atoms with Gasteiger partial charge in [-0.05, 0) is 43.3 Å². The number of carbonyl (C=O) groups excluding carboxylic acids is 1. The molecule has 0 saturated carbocycles.